The highest BCUT2D eigenvalue weighted by atomic mass is 15.3. The van der Waals surface area contributed by atoms with E-state index >= 15 is 0 Å². The summed E-state index contributed by atoms with van der Waals surface area (Å²) in [7, 11) is 0. The van der Waals surface area contributed by atoms with Gasteiger partial charge in [0.2, 0.25) is 0 Å². The number of aromatic nitrogens is 1. The molecule has 2 aliphatic rings. The third-order valence-electron chi connectivity index (χ3n) is 4.06. The number of piperazine rings is 1. The van der Waals surface area contributed by atoms with E-state index in [0.29, 0.717) is 11.7 Å². The fourth-order valence-electron chi connectivity index (χ4n) is 3.07. The Morgan fingerprint density at radius 2 is 2.22 bits per heavy atom. The average molecular weight is 242 g/mol. The van der Waals surface area contributed by atoms with Crippen LogP contribution in [-0.2, 0) is 0 Å². The molecular weight excluding hydrogens is 224 g/mol. The van der Waals surface area contributed by atoms with Crippen LogP contribution in [0.2, 0.25) is 0 Å². The first kappa shape index (κ1) is 11.5. The van der Waals surface area contributed by atoms with Gasteiger partial charge in [0.05, 0.1) is 0 Å². The van der Waals surface area contributed by atoms with Crippen LogP contribution in [0.4, 0.5) is 5.69 Å². The number of anilines is 1. The summed E-state index contributed by atoms with van der Waals surface area (Å²) in [5.41, 5.74) is 1.66. The summed E-state index contributed by atoms with van der Waals surface area (Å²) in [6.45, 7) is 4.56. The minimum Gasteiger partial charge on any atom is -0.369 e. The van der Waals surface area contributed by atoms with E-state index in [1.54, 1.807) is 6.20 Å². The highest BCUT2D eigenvalue weighted by molar-refractivity contribution is 5.49. The molecule has 2 fully saturated rings. The van der Waals surface area contributed by atoms with E-state index in [4.69, 9.17) is 5.26 Å². The Morgan fingerprint density at radius 1 is 1.28 bits per heavy atom. The molecule has 0 aliphatic carbocycles. The van der Waals surface area contributed by atoms with Crippen LogP contribution in [0.25, 0.3) is 0 Å². The molecule has 4 heteroatoms. The van der Waals surface area contributed by atoms with E-state index in [1.807, 2.05) is 12.1 Å². The molecule has 1 atom stereocenters. The largest absolute Gasteiger partial charge is 0.369 e. The van der Waals surface area contributed by atoms with Crippen molar-refractivity contribution < 1.29 is 0 Å². The summed E-state index contributed by atoms with van der Waals surface area (Å²) < 4.78 is 0. The Labute approximate surface area is 108 Å². The summed E-state index contributed by atoms with van der Waals surface area (Å²) in [4.78, 5) is 9.05. The summed E-state index contributed by atoms with van der Waals surface area (Å²) in [6, 6.07) is 6.73. The van der Waals surface area contributed by atoms with Crippen molar-refractivity contribution in [2.24, 2.45) is 0 Å². The van der Waals surface area contributed by atoms with Gasteiger partial charge in [0.15, 0.2) is 0 Å². The molecule has 1 aromatic rings. The second-order valence-electron chi connectivity index (χ2n) is 5.14. The van der Waals surface area contributed by atoms with Crippen molar-refractivity contribution >= 4 is 5.69 Å². The number of hydrogen-bond acceptors (Lipinski definition) is 4. The predicted molar refractivity (Wildman–Crippen MR) is 70.4 cm³/mol. The van der Waals surface area contributed by atoms with Gasteiger partial charge in [-0.25, -0.2) is 4.98 Å². The van der Waals surface area contributed by atoms with Gasteiger partial charge < -0.3 is 4.90 Å². The maximum Gasteiger partial charge on any atom is 0.142 e. The quantitative estimate of drug-likeness (QED) is 0.750. The van der Waals surface area contributed by atoms with Gasteiger partial charge >= 0.3 is 0 Å². The monoisotopic (exact) mass is 242 g/mol. The lowest BCUT2D eigenvalue weighted by Crippen LogP contribution is -2.54. The zero-order chi connectivity index (χ0) is 12.4. The van der Waals surface area contributed by atoms with Crippen molar-refractivity contribution in [3.63, 3.8) is 0 Å². The molecule has 1 unspecified atom stereocenters. The van der Waals surface area contributed by atoms with Crippen molar-refractivity contribution in [3.05, 3.63) is 24.0 Å². The van der Waals surface area contributed by atoms with Crippen LogP contribution in [0.1, 0.15) is 25.0 Å². The highest BCUT2D eigenvalue weighted by Crippen LogP contribution is 2.24. The van der Waals surface area contributed by atoms with E-state index in [9.17, 15) is 0 Å². The molecular formula is C14H18N4. The highest BCUT2D eigenvalue weighted by Gasteiger charge is 2.28. The molecule has 94 valence electrons. The maximum atomic E-state index is 8.91. The molecule has 0 aromatic carbocycles. The van der Waals surface area contributed by atoms with Crippen molar-refractivity contribution in [1.29, 1.82) is 5.26 Å². The second kappa shape index (κ2) is 4.95. The normalized spacial score (nSPS) is 24.4. The van der Waals surface area contributed by atoms with E-state index in [1.165, 1.54) is 25.8 Å². The van der Waals surface area contributed by atoms with Gasteiger partial charge in [-0.2, -0.15) is 5.26 Å². The molecule has 0 spiro atoms. The Kier molecular flexibility index (Phi) is 3.16. The van der Waals surface area contributed by atoms with Gasteiger partial charge in [0.25, 0.3) is 0 Å². The lowest BCUT2D eigenvalue weighted by Gasteiger charge is -2.44. The van der Waals surface area contributed by atoms with Crippen molar-refractivity contribution in [2.75, 3.05) is 31.1 Å². The first-order valence-corrected chi connectivity index (χ1v) is 6.72. The fraction of sp³-hybridized carbons (Fsp3) is 0.571. The predicted octanol–water partition coefficient (Wildman–Crippen LogP) is 1.63. The Hall–Kier alpha value is -1.60. The summed E-state index contributed by atoms with van der Waals surface area (Å²) in [5.74, 6) is 0. The van der Waals surface area contributed by atoms with Crippen LogP contribution in [0.15, 0.2) is 18.3 Å². The van der Waals surface area contributed by atoms with Crippen LogP contribution in [0.3, 0.4) is 0 Å². The number of fused-ring (bicyclic) bond motifs is 1. The molecule has 4 nitrogen and oxygen atoms in total. The maximum absolute atomic E-state index is 8.91. The summed E-state index contributed by atoms with van der Waals surface area (Å²) in [6.07, 6.45) is 5.76. The Bertz CT molecular complexity index is 465. The molecule has 0 N–H and O–H groups in total. The van der Waals surface area contributed by atoms with Gasteiger partial charge in [-0.05, 0) is 31.5 Å². The van der Waals surface area contributed by atoms with Crippen molar-refractivity contribution in [1.82, 2.24) is 9.88 Å². The average Bonchev–Trinajstić information content (AvgIpc) is 2.47. The molecule has 2 aliphatic heterocycles. The molecule has 0 saturated carbocycles. The molecule has 2 saturated heterocycles. The number of hydrogen-bond donors (Lipinski definition) is 0. The molecule has 3 rings (SSSR count). The van der Waals surface area contributed by atoms with E-state index in [-0.39, 0.29) is 0 Å². The molecule has 3 heterocycles. The van der Waals surface area contributed by atoms with Gasteiger partial charge in [-0.3, -0.25) is 4.90 Å². The van der Waals surface area contributed by atoms with E-state index < -0.39 is 0 Å². The zero-order valence-electron chi connectivity index (χ0n) is 10.5. The number of nitrogens with zero attached hydrogens (tertiary/aromatic N) is 4. The summed E-state index contributed by atoms with van der Waals surface area (Å²) in [5, 5.41) is 8.91. The number of piperidine rings is 1. The number of rotatable bonds is 1. The van der Waals surface area contributed by atoms with Crippen molar-refractivity contribution in [2.45, 2.75) is 25.3 Å². The Morgan fingerprint density at radius 3 is 3.11 bits per heavy atom. The first-order valence-electron chi connectivity index (χ1n) is 6.72. The standard InChI is InChI=1S/C14H18N4/c15-10-12-9-13(4-5-16-12)18-8-7-17-6-2-1-3-14(17)11-18/h4-5,9,14H,1-3,6-8,11H2. The van der Waals surface area contributed by atoms with Gasteiger partial charge in [-0.1, -0.05) is 6.42 Å². The first-order chi connectivity index (χ1) is 8.86. The lowest BCUT2D eigenvalue weighted by molar-refractivity contribution is 0.133. The minimum atomic E-state index is 0.513. The van der Waals surface area contributed by atoms with Gasteiger partial charge in [-0.15, -0.1) is 0 Å². The van der Waals surface area contributed by atoms with Crippen molar-refractivity contribution in [3.8, 4) is 6.07 Å². The van der Waals surface area contributed by atoms with Crippen LogP contribution in [-0.4, -0.2) is 42.1 Å². The molecule has 0 radical (unpaired) electrons. The van der Waals surface area contributed by atoms with Crippen LogP contribution in [0, 0.1) is 11.3 Å². The molecule has 1 aromatic heterocycles. The second-order valence-corrected chi connectivity index (χ2v) is 5.14. The fourth-order valence-corrected chi connectivity index (χ4v) is 3.07. The number of pyridine rings is 1. The number of nitriles is 1. The van der Waals surface area contributed by atoms with Crippen LogP contribution < -0.4 is 4.90 Å². The van der Waals surface area contributed by atoms with Gasteiger partial charge in [0.1, 0.15) is 11.8 Å². The van der Waals surface area contributed by atoms with Gasteiger partial charge in [0, 0.05) is 37.6 Å². The summed E-state index contributed by atoms with van der Waals surface area (Å²) >= 11 is 0. The van der Waals surface area contributed by atoms with E-state index in [2.05, 4.69) is 20.9 Å². The lowest BCUT2D eigenvalue weighted by atomic mass is 9.99. The Balaban J connectivity index is 1.75. The molecule has 0 amide bonds. The molecule has 18 heavy (non-hydrogen) atoms. The van der Waals surface area contributed by atoms with E-state index in [0.717, 1.165) is 25.3 Å². The van der Waals surface area contributed by atoms with Crippen LogP contribution >= 0.6 is 0 Å². The third kappa shape index (κ3) is 2.19. The third-order valence-corrected chi connectivity index (χ3v) is 4.06. The topological polar surface area (TPSA) is 43.2 Å². The SMILES string of the molecule is N#Cc1cc(N2CCN3CCCCC3C2)ccn1. The zero-order valence-corrected chi connectivity index (χ0v) is 10.5. The van der Waals surface area contributed by atoms with Crippen LogP contribution in [0.5, 0.6) is 0 Å². The minimum absolute atomic E-state index is 0.513. The molecule has 0 bridgehead atoms. The smallest absolute Gasteiger partial charge is 0.142 e.